The number of halogens is 1. The van der Waals surface area contributed by atoms with E-state index in [1.54, 1.807) is 24.3 Å². The Morgan fingerprint density at radius 1 is 1.07 bits per heavy atom. The van der Waals surface area contributed by atoms with Gasteiger partial charge in [-0.05, 0) is 44.7 Å². The summed E-state index contributed by atoms with van der Waals surface area (Å²) in [6.45, 7) is 5.72. The summed E-state index contributed by atoms with van der Waals surface area (Å²) in [6.07, 6.45) is 0. The zero-order valence-corrected chi connectivity index (χ0v) is 20.4. The van der Waals surface area contributed by atoms with Gasteiger partial charge in [0.15, 0.2) is 5.96 Å². The molecule has 0 fully saturated rings. The van der Waals surface area contributed by atoms with Gasteiger partial charge in [0.05, 0.1) is 18.0 Å². The molecule has 0 saturated carbocycles. The lowest BCUT2D eigenvalue weighted by Crippen LogP contribution is -2.36. The third kappa shape index (κ3) is 5.73. The number of aliphatic imine (C=N–C) groups is 1. The molecule has 1 heterocycles. The van der Waals surface area contributed by atoms with Gasteiger partial charge in [-0.25, -0.2) is 18.1 Å². The first kappa shape index (κ1) is 24.2. The molecule has 162 valence electrons. The minimum Gasteiger partial charge on any atom is -0.459 e. The van der Waals surface area contributed by atoms with Crippen molar-refractivity contribution in [3.05, 3.63) is 65.4 Å². The molecule has 3 N–H and O–H groups in total. The second-order valence-corrected chi connectivity index (χ2v) is 8.43. The smallest absolute Gasteiger partial charge is 0.240 e. The van der Waals surface area contributed by atoms with Gasteiger partial charge in [0, 0.05) is 17.5 Å². The van der Waals surface area contributed by atoms with Crippen LogP contribution in [0.4, 0.5) is 0 Å². The van der Waals surface area contributed by atoms with Gasteiger partial charge in [-0.15, -0.1) is 24.0 Å². The van der Waals surface area contributed by atoms with Gasteiger partial charge in [-0.3, -0.25) is 0 Å². The van der Waals surface area contributed by atoms with Crippen molar-refractivity contribution < 1.29 is 12.8 Å². The molecule has 0 aliphatic rings. The average Bonchev–Trinajstić information content (AvgIpc) is 3.06. The average molecular weight is 542 g/mol. The largest absolute Gasteiger partial charge is 0.459 e. The fourth-order valence-corrected chi connectivity index (χ4v) is 3.69. The number of benzene rings is 2. The van der Waals surface area contributed by atoms with Gasteiger partial charge in [-0.1, -0.05) is 30.3 Å². The van der Waals surface area contributed by atoms with Crippen molar-refractivity contribution in [3.63, 3.8) is 0 Å². The Hall–Kier alpha value is -2.11. The summed E-state index contributed by atoms with van der Waals surface area (Å²) < 4.78 is 31.9. The molecule has 0 radical (unpaired) electrons. The predicted octanol–water partition coefficient (Wildman–Crippen LogP) is 3.52. The van der Waals surface area contributed by atoms with E-state index in [1.807, 2.05) is 32.0 Å². The van der Waals surface area contributed by atoms with Crippen LogP contribution in [0.25, 0.3) is 11.0 Å². The van der Waals surface area contributed by atoms with Crippen molar-refractivity contribution in [2.24, 2.45) is 4.99 Å². The van der Waals surface area contributed by atoms with E-state index >= 15 is 0 Å². The van der Waals surface area contributed by atoms with Crippen LogP contribution in [0.1, 0.15) is 23.8 Å². The first-order valence-corrected chi connectivity index (χ1v) is 10.9. The molecule has 3 rings (SSSR count). The highest BCUT2D eigenvalue weighted by molar-refractivity contribution is 14.0. The molecule has 0 saturated heterocycles. The van der Waals surface area contributed by atoms with Crippen LogP contribution in [0.15, 0.2) is 62.8 Å². The number of hydrogen-bond acceptors (Lipinski definition) is 4. The van der Waals surface area contributed by atoms with Crippen LogP contribution in [-0.2, 0) is 23.1 Å². The van der Waals surface area contributed by atoms with E-state index in [4.69, 9.17) is 4.42 Å². The second-order valence-electron chi connectivity index (χ2n) is 6.55. The maximum Gasteiger partial charge on any atom is 0.240 e. The van der Waals surface area contributed by atoms with E-state index in [0.29, 0.717) is 19.0 Å². The monoisotopic (exact) mass is 542 g/mol. The maximum atomic E-state index is 11.8. The van der Waals surface area contributed by atoms with Crippen molar-refractivity contribution in [2.45, 2.75) is 31.8 Å². The predicted molar refractivity (Wildman–Crippen MR) is 131 cm³/mol. The summed E-state index contributed by atoms with van der Waals surface area (Å²) in [4.78, 5) is 4.82. The number of guanidine groups is 1. The molecule has 0 aliphatic heterocycles. The number of sulfonamides is 1. The summed E-state index contributed by atoms with van der Waals surface area (Å²) in [5.41, 5.74) is 2.91. The summed E-state index contributed by atoms with van der Waals surface area (Å²) >= 11 is 0. The van der Waals surface area contributed by atoms with Gasteiger partial charge >= 0.3 is 0 Å². The first-order chi connectivity index (χ1) is 13.9. The zero-order chi connectivity index (χ0) is 20.9. The molecule has 9 heteroatoms. The van der Waals surface area contributed by atoms with Crippen molar-refractivity contribution >= 4 is 50.9 Å². The SMILES string of the molecule is CCNC(=NCc1ccc(S(=O)(=O)NC)cc1)NCc1oc2ccccc2c1C.I. The Kier molecular flexibility index (Phi) is 8.68. The van der Waals surface area contributed by atoms with Gasteiger partial charge in [0.2, 0.25) is 10.0 Å². The highest BCUT2D eigenvalue weighted by Crippen LogP contribution is 2.24. The topological polar surface area (TPSA) is 95.7 Å². The summed E-state index contributed by atoms with van der Waals surface area (Å²) in [5.74, 6) is 1.54. The molecule has 0 amide bonds. The maximum absolute atomic E-state index is 11.8. The molecule has 1 aromatic heterocycles. The van der Waals surface area contributed by atoms with Crippen LogP contribution < -0.4 is 15.4 Å². The lowest BCUT2D eigenvalue weighted by Gasteiger charge is -2.11. The number of rotatable bonds is 7. The number of fused-ring (bicyclic) bond motifs is 1. The van der Waals surface area contributed by atoms with Gasteiger partial charge in [0.25, 0.3) is 0 Å². The van der Waals surface area contributed by atoms with Crippen LogP contribution in [0.5, 0.6) is 0 Å². The molecule has 0 spiro atoms. The van der Waals surface area contributed by atoms with E-state index in [-0.39, 0.29) is 28.9 Å². The summed E-state index contributed by atoms with van der Waals surface area (Å²) in [7, 11) is -2.04. The minimum atomic E-state index is -3.43. The molecule has 0 aliphatic carbocycles. The molecular weight excluding hydrogens is 515 g/mol. The molecule has 0 bridgehead atoms. The molecule has 0 unspecified atom stereocenters. The third-order valence-electron chi connectivity index (χ3n) is 4.63. The van der Waals surface area contributed by atoms with Crippen LogP contribution >= 0.6 is 24.0 Å². The Bertz CT molecular complexity index is 1110. The highest BCUT2D eigenvalue weighted by Gasteiger charge is 2.11. The first-order valence-electron chi connectivity index (χ1n) is 9.46. The fourth-order valence-electron chi connectivity index (χ4n) is 2.96. The molecule has 7 nitrogen and oxygen atoms in total. The second kappa shape index (κ2) is 10.8. The number of aryl methyl sites for hydroxylation is 1. The Labute approximate surface area is 194 Å². The van der Waals surface area contributed by atoms with Gasteiger partial charge in [0.1, 0.15) is 11.3 Å². The van der Waals surface area contributed by atoms with Crippen molar-refractivity contribution in [1.82, 2.24) is 15.4 Å². The molecule has 2 aromatic carbocycles. The van der Waals surface area contributed by atoms with E-state index in [2.05, 4.69) is 26.4 Å². The van der Waals surface area contributed by atoms with E-state index in [9.17, 15) is 8.42 Å². The van der Waals surface area contributed by atoms with Crippen molar-refractivity contribution in [3.8, 4) is 0 Å². The normalized spacial score (nSPS) is 11.9. The molecule has 30 heavy (non-hydrogen) atoms. The van der Waals surface area contributed by atoms with Crippen LogP contribution in [-0.4, -0.2) is 28.0 Å². The van der Waals surface area contributed by atoms with Crippen LogP contribution in [0, 0.1) is 6.92 Å². The van der Waals surface area contributed by atoms with Crippen LogP contribution in [0.2, 0.25) is 0 Å². The molecular formula is C21H27IN4O3S. The molecule has 0 atom stereocenters. The van der Waals surface area contributed by atoms with Gasteiger partial charge in [-0.2, -0.15) is 0 Å². The Morgan fingerprint density at radius 2 is 1.77 bits per heavy atom. The third-order valence-corrected chi connectivity index (χ3v) is 6.06. The number of para-hydroxylation sites is 1. The highest BCUT2D eigenvalue weighted by atomic mass is 127. The summed E-state index contributed by atoms with van der Waals surface area (Å²) in [5, 5.41) is 7.62. The molecule has 3 aromatic rings. The number of nitrogens with one attached hydrogen (secondary N) is 3. The lowest BCUT2D eigenvalue weighted by atomic mass is 10.1. The van der Waals surface area contributed by atoms with Crippen molar-refractivity contribution in [1.29, 1.82) is 0 Å². The van der Waals surface area contributed by atoms with Crippen molar-refractivity contribution in [2.75, 3.05) is 13.6 Å². The lowest BCUT2D eigenvalue weighted by molar-refractivity contribution is 0.534. The van der Waals surface area contributed by atoms with Crippen LogP contribution in [0.3, 0.4) is 0 Å². The number of nitrogens with zero attached hydrogens (tertiary/aromatic N) is 1. The Balaban J connectivity index is 0.00000320. The number of hydrogen-bond donors (Lipinski definition) is 3. The quantitative estimate of drug-likeness (QED) is 0.241. The minimum absolute atomic E-state index is 0. The Morgan fingerprint density at radius 3 is 2.40 bits per heavy atom. The zero-order valence-electron chi connectivity index (χ0n) is 17.2. The van der Waals surface area contributed by atoms with E-state index in [1.165, 1.54) is 7.05 Å². The number of furan rings is 1. The van der Waals surface area contributed by atoms with E-state index in [0.717, 1.165) is 34.4 Å². The van der Waals surface area contributed by atoms with E-state index < -0.39 is 10.0 Å². The van der Waals surface area contributed by atoms with Gasteiger partial charge < -0.3 is 15.1 Å². The fraction of sp³-hybridized carbons (Fsp3) is 0.286. The standard InChI is InChI=1S/C21H26N4O3S.HI/c1-4-23-21(24-13-16-9-11-17(12-10-16)29(26,27)22-3)25-14-20-15(2)18-7-5-6-8-19(18)28-20;/h5-12,22H,4,13-14H2,1-3H3,(H2,23,24,25);1H. The summed E-state index contributed by atoms with van der Waals surface area (Å²) in [6, 6.07) is 14.7.